The normalized spacial score (nSPS) is 21.5. The van der Waals surface area contributed by atoms with Crippen molar-refractivity contribution in [1.82, 2.24) is 0 Å². The van der Waals surface area contributed by atoms with Crippen molar-refractivity contribution in [3.63, 3.8) is 0 Å². The van der Waals surface area contributed by atoms with E-state index in [-0.39, 0.29) is 11.8 Å². The predicted octanol–water partition coefficient (Wildman–Crippen LogP) is 3.87. The van der Waals surface area contributed by atoms with Gasteiger partial charge in [-0.25, -0.2) is 0 Å². The molecule has 0 unspecified atom stereocenters. The van der Waals surface area contributed by atoms with Gasteiger partial charge in [0.25, 0.3) is 0 Å². The van der Waals surface area contributed by atoms with Gasteiger partial charge in [0, 0.05) is 0 Å². The summed E-state index contributed by atoms with van der Waals surface area (Å²) in [5.41, 5.74) is 1.29. The highest BCUT2D eigenvalue weighted by atomic mass is 32.2. The highest BCUT2D eigenvalue weighted by Crippen LogP contribution is 2.43. The number of hydrogen-bond donors (Lipinski definition) is 0. The second-order valence-electron chi connectivity index (χ2n) is 6.35. The van der Waals surface area contributed by atoms with Crippen molar-refractivity contribution < 1.29 is 19.1 Å². The van der Waals surface area contributed by atoms with Crippen molar-refractivity contribution in [2.75, 3.05) is 24.0 Å². The van der Waals surface area contributed by atoms with Crippen LogP contribution in [0.4, 0.5) is 11.4 Å². The fourth-order valence-corrected chi connectivity index (χ4v) is 6.44. The smallest absolute Gasteiger partial charge is 0.247 e. The number of ether oxygens (including phenoxy) is 2. The Balaban J connectivity index is 1.56. The van der Waals surface area contributed by atoms with Gasteiger partial charge in [0.1, 0.15) is 30.6 Å². The van der Waals surface area contributed by atoms with Crippen molar-refractivity contribution in [2.24, 2.45) is 0 Å². The van der Waals surface area contributed by atoms with Crippen LogP contribution in [0.5, 0.6) is 11.5 Å². The molecule has 0 bridgehead atoms. The average Bonchev–Trinajstić information content (AvgIpc) is 3.22. The Labute approximate surface area is 192 Å². The van der Waals surface area contributed by atoms with Crippen LogP contribution < -0.4 is 19.3 Å². The van der Waals surface area contributed by atoms with E-state index < -0.39 is 10.5 Å². The summed E-state index contributed by atoms with van der Waals surface area (Å²) in [5, 5.41) is -1.28. The number of carbonyl (C=O) groups is 2. The minimum atomic E-state index is -0.640. The van der Waals surface area contributed by atoms with Gasteiger partial charge in [-0.1, -0.05) is 48.0 Å². The molecule has 2 aliphatic rings. The minimum Gasteiger partial charge on any atom is -0.497 e. The molecule has 2 atom stereocenters. The van der Waals surface area contributed by atoms with Crippen molar-refractivity contribution in [2.45, 2.75) is 10.5 Å². The molecule has 10 heteroatoms. The molecule has 2 aromatic rings. The van der Waals surface area contributed by atoms with Gasteiger partial charge in [-0.3, -0.25) is 19.4 Å². The molecule has 0 aliphatic carbocycles. The number of thioether (sulfide) groups is 2. The first-order valence-electron chi connectivity index (χ1n) is 8.82. The average molecular weight is 477 g/mol. The lowest BCUT2D eigenvalue weighted by atomic mass is 10.2. The Kier molecular flexibility index (Phi) is 6.01. The summed E-state index contributed by atoms with van der Waals surface area (Å²) in [6.45, 7) is 0. The first kappa shape index (κ1) is 21.1. The summed E-state index contributed by atoms with van der Waals surface area (Å²) in [5.74, 6) is 0.922. The van der Waals surface area contributed by atoms with Gasteiger partial charge in [-0.15, -0.1) is 0 Å². The van der Waals surface area contributed by atoms with E-state index in [0.717, 1.165) is 0 Å². The molecule has 2 aromatic carbocycles. The monoisotopic (exact) mass is 476 g/mol. The van der Waals surface area contributed by atoms with Gasteiger partial charge in [0.05, 0.1) is 25.6 Å². The molecule has 0 radical (unpaired) electrons. The van der Waals surface area contributed by atoms with Gasteiger partial charge in [-0.2, -0.15) is 0 Å². The van der Waals surface area contributed by atoms with E-state index in [4.69, 9.17) is 33.9 Å². The van der Waals surface area contributed by atoms with Crippen molar-refractivity contribution in [3.05, 3.63) is 48.5 Å². The SMILES string of the molecule is COc1ccc(N2C(=O)[C@H]([C@@H]3SC(=S)N(c4ccc(OC)cc4)C3=O)SC2=S)cc1. The fraction of sp³-hybridized carbons (Fsp3) is 0.200. The van der Waals surface area contributed by atoms with Gasteiger partial charge in [-0.05, 0) is 48.5 Å². The Bertz CT molecular complexity index is 943. The Morgan fingerprint density at radius 1 is 0.700 bits per heavy atom. The van der Waals surface area contributed by atoms with Crippen LogP contribution >= 0.6 is 48.0 Å². The van der Waals surface area contributed by atoms with E-state index in [1.165, 1.54) is 33.3 Å². The highest BCUT2D eigenvalue weighted by Gasteiger charge is 2.51. The molecule has 0 spiro atoms. The number of benzene rings is 2. The topological polar surface area (TPSA) is 59.1 Å². The van der Waals surface area contributed by atoms with Crippen LogP contribution in [0.25, 0.3) is 0 Å². The molecule has 154 valence electrons. The summed E-state index contributed by atoms with van der Waals surface area (Å²) >= 11 is 13.3. The summed E-state index contributed by atoms with van der Waals surface area (Å²) < 4.78 is 11.2. The number of carbonyl (C=O) groups excluding carboxylic acids is 2. The first-order valence-corrected chi connectivity index (χ1v) is 11.4. The minimum absolute atomic E-state index is 0.222. The van der Waals surface area contributed by atoms with Crippen LogP contribution in [0, 0.1) is 0 Å². The quantitative estimate of drug-likeness (QED) is 0.603. The molecule has 4 rings (SSSR count). The van der Waals surface area contributed by atoms with E-state index in [1.54, 1.807) is 62.8 Å². The maximum atomic E-state index is 13.2. The molecule has 0 N–H and O–H groups in total. The van der Waals surface area contributed by atoms with Crippen LogP contribution in [0.3, 0.4) is 0 Å². The van der Waals surface area contributed by atoms with Crippen molar-refractivity contribution >= 4 is 79.8 Å². The van der Waals surface area contributed by atoms with E-state index in [2.05, 4.69) is 0 Å². The Morgan fingerprint density at radius 3 is 1.33 bits per heavy atom. The van der Waals surface area contributed by atoms with Gasteiger partial charge in [0.15, 0.2) is 0 Å². The van der Waals surface area contributed by atoms with E-state index in [0.29, 0.717) is 31.5 Å². The molecule has 2 heterocycles. The number of anilines is 2. The van der Waals surface area contributed by atoms with E-state index in [1.807, 2.05) is 0 Å². The first-order chi connectivity index (χ1) is 14.4. The maximum absolute atomic E-state index is 13.2. The van der Waals surface area contributed by atoms with E-state index >= 15 is 0 Å². The third-order valence-corrected chi connectivity index (χ3v) is 8.02. The van der Waals surface area contributed by atoms with Gasteiger partial charge >= 0.3 is 0 Å². The molecule has 6 nitrogen and oxygen atoms in total. The van der Waals surface area contributed by atoms with Crippen molar-refractivity contribution in [3.8, 4) is 11.5 Å². The van der Waals surface area contributed by atoms with Crippen molar-refractivity contribution in [1.29, 1.82) is 0 Å². The molecule has 0 aromatic heterocycles. The molecule has 0 saturated carbocycles. The summed E-state index contributed by atoms with van der Waals surface area (Å²) in [4.78, 5) is 29.3. The van der Waals surface area contributed by atoms with Crippen LogP contribution in [-0.4, -0.2) is 45.2 Å². The molecular weight excluding hydrogens is 460 g/mol. The standard InChI is InChI=1S/C20H16N2O4S4/c1-25-13-7-3-11(4-8-13)21-17(23)15(29-19(21)27)16-18(24)22(20(28)30-16)12-5-9-14(26-2)10-6-12/h3-10,15-16H,1-2H3/t15-,16-/m0/s1. The molecule has 2 saturated heterocycles. The number of nitrogens with zero attached hydrogens (tertiary/aromatic N) is 2. The number of rotatable bonds is 5. The zero-order valence-corrected chi connectivity index (χ0v) is 19.2. The van der Waals surface area contributed by atoms with Crippen LogP contribution in [-0.2, 0) is 9.59 Å². The van der Waals surface area contributed by atoms with Crippen LogP contribution in [0.2, 0.25) is 0 Å². The third-order valence-electron chi connectivity index (χ3n) is 4.68. The number of hydrogen-bond acceptors (Lipinski definition) is 8. The zero-order valence-electron chi connectivity index (χ0n) is 15.9. The lowest BCUT2D eigenvalue weighted by Gasteiger charge is -2.18. The Hall–Kier alpha value is -2.14. The highest BCUT2D eigenvalue weighted by molar-refractivity contribution is 8.28. The summed E-state index contributed by atoms with van der Waals surface area (Å²) in [6, 6.07) is 14.1. The number of amides is 2. The molecule has 2 aliphatic heterocycles. The molecular formula is C20H16N2O4S4. The predicted molar refractivity (Wildman–Crippen MR) is 129 cm³/mol. The number of thiocarbonyl (C=S) groups is 2. The fourth-order valence-electron chi connectivity index (χ4n) is 3.17. The number of methoxy groups -OCH3 is 2. The van der Waals surface area contributed by atoms with Crippen LogP contribution in [0.1, 0.15) is 0 Å². The molecule has 2 fully saturated rings. The largest absolute Gasteiger partial charge is 0.497 e. The van der Waals surface area contributed by atoms with Crippen LogP contribution in [0.15, 0.2) is 48.5 Å². The molecule has 2 amide bonds. The zero-order chi connectivity index (χ0) is 21.4. The lowest BCUT2D eigenvalue weighted by Crippen LogP contribution is -2.40. The third kappa shape index (κ3) is 3.68. The Morgan fingerprint density at radius 2 is 1.03 bits per heavy atom. The summed E-state index contributed by atoms with van der Waals surface area (Å²) in [6.07, 6.45) is 0. The second-order valence-corrected chi connectivity index (χ2v) is 9.90. The lowest BCUT2D eigenvalue weighted by molar-refractivity contribution is -0.121. The maximum Gasteiger partial charge on any atom is 0.247 e. The second kappa shape index (κ2) is 8.54. The van der Waals surface area contributed by atoms with Gasteiger partial charge in [0.2, 0.25) is 11.8 Å². The van der Waals surface area contributed by atoms with E-state index in [9.17, 15) is 9.59 Å². The summed E-state index contributed by atoms with van der Waals surface area (Å²) in [7, 11) is 3.15. The van der Waals surface area contributed by atoms with Gasteiger partial charge < -0.3 is 9.47 Å². The molecule has 30 heavy (non-hydrogen) atoms.